The van der Waals surface area contributed by atoms with E-state index in [1.54, 1.807) is 0 Å². The highest BCUT2D eigenvalue weighted by Gasteiger charge is 1.89. The lowest BCUT2D eigenvalue weighted by Gasteiger charge is -1.98. The van der Waals surface area contributed by atoms with Gasteiger partial charge in [-0.15, -0.1) is 0 Å². The summed E-state index contributed by atoms with van der Waals surface area (Å²) in [6.45, 7) is 0. The van der Waals surface area contributed by atoms with Gasteiger partial charge < -0.3 is 0 Å². The standard InChI is InChI=1S/C14H23/c1-2-4-6-8-10-12-14-13-11-9-7-5-3-1/h1-2,7,13-14H,3-6,8-12H2/b2-1-,14-13-. The van der Waals surface area contributed by atoms with Gasteiger partial charge in [-0.1, -0.05) is 30.7 Å². The lowest BCUT2D eigenvalue weighted by atomic mass is 10.1. The Labute approximate surface area is 89.1 Å². The normalized spacial score (nSPS) is 26.3. The SMILES string of the molecule is [CH]1CC/C=C\CCCCC/C=C\CC1. The molecule has 0 aromatic rings. The highest BCUT2D eigenvalue weighted by atomic mass is 14.0. The molecule has 0 N–H and O–H groups in total. The Morgan fingerprint density at radius 3 is 1.50 bits per heavy atom. The first-order valence-corrected chi connectivity index (χ1v) is 6.12. The number of hydrogen-bond acceptors (Lipinski definition) is 0. The van der Waals surface area contributed by atoms with Gasteiger partial charge in [0, 0.05) is 0 Å². The van der Waals surface area contributed by atoms with E-state index in [0.29, 0.717) is 0 Å². The minimum Gasteiger partial charge on any atom is -0.0885 e. The van der Waals surface area contributed by atoms with Crippen molar-refractivity contribution in [3.05, 3.63) is 30.7 Å². The van der Waals surface area contributed by atoms with Gasteiger partial charge in [-0.2, -0.15) is 0 Å². The van der Waals surface area contributed by atoms with E-state index >= 15 is 0 Å². The van der Waals surface area contributed by atoms with E-state index in [-0.39, 0.29) is 0 Å². The maximum Gasteiger partial charge on any atom is -0.0348 e. The van der Waals surface area contributed by atoms with Gasteiger partial charge in [0.15, 0.2) is 0 Å². The molecule has 0 fully saturated rings. The molecule has 1 rings (SSSR count). The molecule has 0 heterocycles. The molecular formula is C14H23. The summed E-state index contributed by atoms with van der Waals surface area (Å²) in [5, 5.41) is 0. The topological polar surface area (TPSA) is 0 Å². The molecule has 79 valence electrons. The van der Waals surface area contributed by atoms with E-state index in [1.165, 1.54) is 57.8 Å². The summed E-state index contributed by atoms with van der Waals surface area (Å²) in [7, 11) is 0. The lowest BCUT2D eigenvalue weighted by molar-refractivity contribution is 0.692. The van der Waals surface area contributed by atoms with Crippen molar-refractivity contribution in [3.63, 3.8) is 0 Å². The average molecular weight is 191 g/mol. The van der Waals surface area contributed by atoms with E-state index in [2.05, 4.69) is 30.7 Å². The Hall–Kier alpha value is -0.520. The Kier molecular flexibility index (Phi) is 7.47. The Morgan fingerprint density at radius 2 is 0.929 bits per heavy atom. The number of hydrogen-bond donors (Lipinski definition) is 0. The van der Waals surface area contributed by atoms with Crippen LogP contribution in [0.15, 0.2) is 24.3 Å². The highest BCUT2D eigenvalue weighted by Crippen LogP contribution is 2.08. The second kappa shape index (κ2) is 9.05. The molecule has 0 aromatic heterocycles. The fourth-order valence-electron chi connectivity index (χ4n) is 1.75. The third kappa shape index (κ3) is 6.94. The van der Waals surface area contributed by atoms with Crippen molar-refractivity contribution < 1.29 is 0 Å². The summed E-state index contributed by atoms with van der Waals surface area (Å²) < 4.78 is 0. The molecule has 0 aliphatic heterocycles. The summed E-state index contributed by atoms with van der Waals surface area (Å²) in [5.74, 6) is 0. The van der Waals surface area contributed by atoms with Gasteiger partial charge in [-0.25, -0.2) is 0 Å². The first-order valence-electron chi connectivity index (χ1n) is 6.12. The van der Waals surface area contributed by atoms with Crippen LogP contribution < -0.4 is 0 Å². The van der Waals surface area contributed by atoms with E-state index in [4.69, 9.17) is 0 Å². The van der Waals surface area contributed by atoms with Crippen LogP contribution in [0.2, 0.25) is 0 Å². The zero-order valence-corrected chi connectivity index (χ0v) is 9.25. The molecule has 0 aromatic carbocycles. The van der Waals surface area contributed by atoms with Gasteiger partial charge in [-0.05, 0) is 57.8 Å². The molecule has 0 amide bonds. The minimum absolute atomic E-state index is 1.24. The third-order valence-corrected chi connectivity index (χ3v) is 2.65. The lowest BCUT2D eigenvalue weighted by Crippen LogP contribution is -1.79. The van der Waals surface area contributed by atoms with Gasteiger partial charge >= 0.3 is 0 Å². The van der Waals surface area contributed by atoms with Crippen molar-refractivity contribution in [2.75, 3.05) is 0 Å². The zero-order chi connectivity index (χ0) is 9.90. The number of allylic oxidation sites excluding steroid dienone is 4. The summed E-state index contributed by atoms with van der Waals surface area (Å²) in [6, 6.07) is 0. The fraction of sp³-hybridized carbons (Fsp3) is 0.643. The molecule has 14 heavy (non-hydrogen) atoms. The first kappa shape index (κ1) is 11.6. The van der Waals surface area contributed by atoms with Gasteiger partial charge in [-0.3, -0.25) is 0 Å². The van der Waals surface area contributed by atoms with Crippen LogP contribution in [-0.2, 0) is 0 Å². The van der Waals surface area contributed by atoms with Gasteiger partial charge in [0.05, 0.1) is 0 Å². The van der Waals surface area contributed by atoms with Crippen molar-refractivity contribution in [1.82, 2.24) is 0 Å². The molecule has 0 heteroatoms. The first-order chi connectivity index (χ1) is 7.00. The maximum absolute atomic E-state index is 2.42. The summed E-state index contributed by atoms with van der Waals surface area (Å²) >= 11 is 0. The van der Waals surface area contributed by atoms with Crippen molar-refractivity contribution in [3.8, 4) is 0 Å². The third-order valence-electron chi connectivity index (χ3n) is 2.65. The van der Waals surface area contributed by atoms with Crippen molar-refractivity contribution in [2.24, 2.45) is 0 Å². The molecule has 0 bridgehead atoms. The predicted molar refractivity (Wildman–Crippen MR) is 64.1 cm³/mol. The van der Waals surface area contributed by atoms with Crippen LogP contribution in [0.25, 0.3) is 0 Å². The van der Waals surface area contributed by atoms with Crippen LogP contribution in [0.5, 0.6) is 0 Å². The van der Waals surface area contributed by atoms with Gasteiger partial charge in [0.25, 0.3) is 0 Å². The van der Waals surface area contributed by atoms with Crippen LogP contribution in [0.4, 0.5) is 0 Å². The smallest absolute Gasteiger partial charge is 0.0348 e. The van der Waals surface area contributed by atoms with E-state index in [9.17, 15) is 0 Å². The molecule has 0 spiro atoms. The predicted octanol–water partition coefficient (Wildman–Crippen LogP) is 4.83. The molecule has 1 radical (unpaired) electrons. The summed E-state index contributed by atoms with van der Waals surface area (Å²) in [6.07, 6.45) is 23.5. The highest BCUT2D eigenvalue weighted by molar-refractivity contribution is 4.87. The van der Waals surface area contributed by atoms with Crippen molar-refractivity contribution >= 4 is 0 Å². The Morgan fingerprint density at radius 1 is 0.429 bits per heavy atom. The van der Waals surface area contributed by atoms with Crippen LogP contribution in [0.1, 0.15) is 57.8 Å². The summed E-state index contributed by atoms with van der Waals surface area (Å²) in [5.41, 5.74) is 0. The van der Waals surface area contributed by atoms with Gasteiger partial charge in [0.2, 0.25) is 0 Å². The fourth-order valence-corrected chi connectivity index (χ4v) is 1.75. The minimum atomic E-state index is 1.24. The zero-order valence-electron chi connectivity index (χ0n) is 9.25. The second-order valence-electron chi connectivity index (χ2n) is 4.02. The summed E-state index contributed by atoms with van der Waals surface area (Å²) in [4.78, 5) is 0. The van der Waals surface area contributed by atoms with E-state index in [0.717, 1.165) is 0 Å². The monoisotopic (exact) mass is 191 g/mol. The Balaban J connectivity index is 2.15. The molecule has 0 saturated carbocycles. The van der Waals surface area contributed by atoms with Crippen LogP contribution in [0, 0.1) is 6.42 Å². The van der Waals surface area contributed by atoms with E-state index in [1.807, 2.05) is 0 Å². The molecule has 1 aliphatic rings. The van der Waals surface area contributed by atoms with Crippen molar-refractivity contribution in [2.45, 2.75) is 57.8 Å². The van der Waals surface area contributed by atoms with Crippen molar-refractivity contribution in [1.29, 1.82) is 0 Å². The Bertz CT molecular complexity index is 129. The molecule has 0 unspecified atom stereocenters. The molecule has 1 aliphatic carbocycles. The largest absolute Gasteiger partial charge is 0.0885 e. The van der Waals surface area contributed by atoms with Crippen LogP contribution >= 0.6 is 0 Å². The van der Waals surface area contributed by atoms with Crippen LogP contribution in [-0.4, -0.2) is 0 Å². The molecular weight excluding hydrogens is 168 g/mol. The molecule has 0 atom stereocenters. The molecule has 0 nitrogen and oxygen atoms in total. The van der Waals surface area contributed by atoms with E-state index < -0.39 is 0 Å². The quantitative estimate of drug-likeness (QED) is 0.481. The average Bonchev–Trinajstić information content (AvgIpc) is 2.22. The molecule has 0 saturated heterocycles. The number of rotatable bonds is 0. The van der Waals surface area contributed by atoms with Gasteiger partial charge in [0.1, 0.15) is 0 Å². The second-order valence-corrected chi connectivity index (χ2v) is 4.02. The maximum atomic E-state index is 2.42. The van der Waals surface area contributed by atoms with Crippen LogP contribution in [0.3, 0.4) is 0 Å².